The number of rotatable bonds is 13. The summed E-state index contributed by atoms with van der Waals surface area (Å²) in [7, 11) is -5.98. The Kier molecular flexibility index (Phi) is 9.95. The number of aryl methyl sites for hydroxylation is 1. The fourth-order valence-corrected chi connectivity index (χ4v) is 6.52. The lowest BCUT2D eigenvalue weighted by atomic mass is 10.1. The number of aromatic nitrogens is 5. The average Bonchev–Trinajstić information content (AvgIpc) is 3.49. The molecular weight excluding hydrogens is 562 g/mol. The Bertz CT molecular complexity index is 1410. The summed E-state index contributed by atoms with van der Waals surface area (Å²) in [4.78, 5) is 1.65. The number of hydrogen-bond donors (Lipinski definition) is 1. The molecule has 13 heteroatoms. The van der Waals surface area contributed by atoms with Crippen LogP contribution in [0.5, 0.6) is 5.75 Å². The Morgan fingerprint density at radius 2 is 1.98 bits per heavy atom. The highest BCUT2D eigenvalue weighted by Gasteiger charge is 2.39. The van der Waals surface area contributed by atoms with E-state index in [2.05, 4.69) is 51.1 Å². The van der Waals surface area contributed by atoms with Crippen molar-refractivity contribution in [1.29, 1.82) is 0 Å². The standard InChI is InChI=1S/C28H45N5O6SSi/c1-21(20-40(34,35)36)13-17-37-15-9-14-32-29-19-24(30-32)27-23-18-22(39-41(5,6)28(2,3)4)11-12-25(23)33(31-27)26-10-7-8-16-38-26/h11-12,18-19,21,26H,7-10,13-17,20H2,1-6H3,(H,34,35,36). The summed E-state index contributed by atoms with van der Waals surface area (Å²) in [5.74, 6) is 0.420. The predicted molar refractivity (Wildman–Crippen MR) is 161 cm³/mol. The van der Waals surface area contributed by atoms with E-state index in [1.807, 2.05) is 10.7 Å². The van der Waals surface area contributed by atoms with E-state index in [1.54, 1.807) is 17.9 Å². The average molecular weight is 608 g/mol. The zero-order valence-electron chi connectivity index (χ0n) is 25.2. The van der Waals surface area contributed by atoms with E-state index in [4.69, 9.17) is 28.6 Å². The van der Waals surface area contributed by atoms with Crippen LogP contribution in [0.1, 0.15) is 66.0 Å². The second kappa shape index (κ2) is 12.9. The van der Waals surface area contributed by atoms with Crippen LogP contribution in [0.2, 0.25) is 18.1 Å². The highest BCUT2D eigenvalue weighted by atomic mass is 32.2. The van der Waals surface area contributed by atoms with Gasteiger partial charge in [0.2, 0.25) is 8.32 Å². The summed E-state index contributed by atoms with van der Waals surface area (Å²) in [6.07, 6.45) is 5.98. The van der Waals surface area contributed by atoms with E-state index in [0.717, 1.165) is 48.2 Å². The minimum atomic E-state index is -3.96. The van der Waals surface area contributed by atoms with Gasteiger partial charge in [0, 0.05) is 25.2 Å². The van der Waals surface area contributed by atoms with Crippen LogP contribution >= 0.6 is 0 Å². The molecule has 228 valence electrons. The van der Waals surface area contributed by atoms with Gasteiger partial charge in [0.25, 0.3) is 10.1 Å². The van der Waals surface area contributed by atoms with E-state index >= 15 is 0 Å². The molecule has 0 amide bonds. The van der Waals surface area contributed by atoms with Gasteiger partial charge in [-0.2, -0.15) is 28.5 Å². The summed E-state index contributed by atoms with van der Waals surface area (Å²) in [6.45, 7) is 15.2. The Balaban J connectivity index is 1.47. The molecule has 0 saturated carbocycles. The molecule has 3 aromatic rings. The van der Waals surface area contributed by atoms with Crippen LogP contribution in [-0.2, 0) is 26.1 Å². The Labute approximate surface area is 244 Å². The van der Waals surface area contributed by atoms with Gasteiger partial charge in [-0.15, -0.1) is 0 Å². The van der Waals surface area contributed by atoms with Gasteiger partial charge in [0.15, 0.2) is 6.23 Å². The van der Waals surface area contributed by atoms with Crippen molar-refractivity contribution in [2.45, 2.75) is 90.7 Å². The first kappa shape index (κ1) is 31.6. The highest BCUT2D eigenvalue weighted by Crippen LogP contribution is 2.39. The van der Waals surface area contributed by atoms with Crippen LogP contribution < -0.4 is 4.43 Å². The van der Waals surface area contributed by atoms with Crippen LogP contribution in [0.15, 0.2) is 24.4 Å². The molecule has 0 spiro atoms. The maximum atomic E-state index is 11.0. The molecule has 11 nitrogen and oxygen atoms in total. The number of benzene rings is 1. The molecule has 2 unspecified atom stereocenters. The lowest BCUT2D eigenvalue weighted by Crippen LogP contribution is -2.43. The number of nitrogens with zero attached hydrogens (tertiary/aromatic N) is 5. The van der Waals surface area contributed by atoms with Gasteiger partial charge in [-0.1, -0.05) is 27.7 Å². The first-order valence-corrected chi connectivity index (χ1v) is 19.0. The van der Waals surface area contributed by atoms with Crippen molar-refractivity contribution in [2.24, 2.45) is 5.92 Å². The smallest absolute Gasteiger partial charge is 0.265 e. The van der Waals surface area contributed by atoms with Crippen molar-refractivity contribution < 1.29 is 26.9 Å². The van der Waals surface area contributed by atoms with Gasteiger partial charge in [-0.25, -0.2) is 4.68 Å². The van der Waals surface area contributed by atoms with Gasteiger partial charge < -0.3 is 13.9 Å². The normalized spacial score (nSPS) is 17.7. The molecule has 1 saturated heterocycles. The van der Waals surface area contributed by atoms with Crippen molar-refractivity contribution in [3.63, 3.8) is 0 Å². The summed E-state index contributed by atoms with van der Waals surface area (Å²) < 4.78 is 51.3. The van der Waals surface area contributed by atoms with Crippen LogP contribution in [0.25, 0.3) is 22.3 Å². The van der Waals surface area contributed by atoms with E-state index in [9.17, 15) is 8.42 Å². The molecule has 41 heavy (non-hydrogen) atoms. The summed E-state index contributed by atoms with van der Waals surface area (Å²) in [5.41, 5.74) is 2.43. The van der Waals surface area contributed by atoms with E-state index in [-0.39, 0.29) is 22.9 Å². The summed E-state index contributed by atoms with van der Waals surface area (Å²) >= 11 is 0. The second-order valence-electron chi connectivity index (χ2n) is 12.6. The van der Waals surface area contributed by atoms with Crippen LogP contribution in [0.3, 0.4) is 0 Å². The molecule has 0 bridgehead atoms. The lowest BCUT2D eigenvalue weighted by Gasteiger charge is -2.36. The molecule has 2 aromatic heterocycles. The molecule has 0 radical (unpaired) electrons. The van der Waals surface area contributed by atoms with Crippen molar-refractivity contribution in [3.05, 3.63) is 24.4 Å². The van der Waals surface area contributed by atoms with Gasteiger partial charge >= 0.3 is 0 Å². The maximum absolute atomic E-state index is 11.0. The van der Waals surface area contributed by atoms with E-state index in [0.29, 0.717) is 38.3 Å². The minimum absolute atomic E-state index is 0.0790. The third kappa shape index (κ3) is 8.37. The molecule has 1 aliphatic rings. The van der Waals surface area contributed by atoms with Crippen LogP contribution in [-0.4, -0.2) is 71.6 Å². The third-order valence-corrected chi connectivity index (χ3v) is 13.3. The number of hydrogen-bond acceptors (Lipinski definition) is 8. The fraction of sp³-hybridized carbons (Fsp3) is 0.679. The molecule has 1 aromatic carbocycles. The molecular formula is C28H45N5O6SSi. The van der Waals surface area contributed by atoms with Crippen molar-refractivity contribution >= 4 is 29.3 Å². The van der Waals surface area contributed by atoms with Crippen molar-refractivity contribution in [3.8, 4) is 17.1 Å². The topological polar surface area (TPSA) is 131 Å². The quantitative estimate of drug-likeness (QED) is 0.148. The van der Waals surface area contributed by atoms with Crippen molar-refractivity contribution in [1.82, 2.24) is 24.8 Å². The maximum Gasteiger partial charge on any atom is 0.265 e. The summed E-state index contributed by atoms with van der Waals surface area (Å²) in [6, 6.07) is 6.19. The number of ether oxygens (including phenoxy) is 2. The molecule has 0 aliphatic carbocycles. The second-order valence-corrected chi connectivity index (χ2v) is 18.8. The van der Waals surface area contributed by atoms with Gasteiger partial charge in [-0.05, 0) is 74.4 Å². The molecule has 1 aliphatic heterocycles. The molecule has 3 heterocycles. The zero-order valence-corrected chi connectivity index (χ0v) is 27.0. The Hall–Kier alpha value is -2.32. The highest BCUT2D eigenvalue weighted by molar-refractivity contribution is 7.85. The monoisotopic (exact) mass is 607 g/mol. The number of fused-ring (bicyclic) bond motifs is 1. The predicted octanol–water partition coefficient (Wildman–Crippen LogP) is 5.70. The SMILES string of the molecule is CC(CCOCCCn1ncc(-c2nn(C3CCCCO3)c3ccc(O[Si](C)(C)C(C)(C)C)cc23)n1)CS(=O)(=O)O. The van der Waals surface area contributed by atoms with E-state index in [1.165, 1.54) is 0 Å². The molecule has 1 fully saturated rings. The minimum Gasteiger partial charge on any atom is -0.543 e. The van der Waals surface area contributed by atoms with Crippen LogP contribution in [0, 0.1) is 5.92 Å². The Morgan fingerprint density at radius 3 is 2.66 bits per heavy atom. The Morgan fingerprint density at radius 1 is 1.20 bits per heavy atom. The van der Waals surface area contributed by atoms with Gasteiger partial charge in [0.1, 0.15) is 17.1 Å². The lowest BCUT2D eigenvalue weighted by molar-refractivity contribution is -0.0365. The zero-order chi connectivity index (χ0) is 29.8. The first-order chi connectivity index (χ1) is 19.2. The molecule has 4 rings (SSSR count). The third-order valence-electron chi connectivity index (χ3n) is 7.96. The van der Waals surface area contributed by atoms with Gasteiger partial charge in [-0.3, -0.25) is 4.55 Å². The summed E-state index contributed by atoms with van der Waals surface area (Å²) in [5, 5.41) is 15.2. The molecule has 2 atom stereocenters. The van der Waals surface area contributed by atoms with Crippen LogP contribution in [0.4, 0.5) is 0 Å². The van der Waals surface area contributed by atoms with Crippen molar-refractivity contribution in [2.75, 3.05) is 25.6 Å². The van der Waals surface area contributed by atoms with E-state index < -0.39 is 18.4 Å². The fourth-order valence-electron chi connectivity index (χ4n) is 4.61. The van der Waals surface area contributed by atoms with Gasteiger partial charge in [0.05, 0.1) is 24.0 Å². The molecule has 1 N–H and O–H groups in total. The largest absolute Gasteiger partial charge is 0.543 e. The first-order valence-electron chi connectivity index (χ1n) is 14.5.